The van der Waals surface area contributed by atoms with Crippen molar-refractivity contribution in [3.63, 3.8) is 0 Å². The van der Waals surface area contributed by atoms with Gasteiger partial charge in [-0.05, 0) is 62.0 Å². The average molecular weight is 721 g/mol. The monoisotopic (exact) mass is 720 g/mol. The Balaban J connectivity index is 1.60. The molecule has 7 N–H and O–H groups in total. The van der Waals surface area contributed by atoms with E-state index in [-0.39, 0.29) is 48.3 Å². The Labute approximate surface area is 299 Å². The summed E-state index contributed by atoms with van der Waals surface area (Å²) in [7, 11) is 6.61. The van der Waals surface area contributed by atoms with Crippen molar-refractivity contribution in [2.75, 3.05) is 45.0 Å². The molecule has 16 nitrogen and oxygen atoms in total. The molecular weight excluding hydrogens is 676 g/mol. The van der Waals surface area contributed by atoms with Crippen LogP contribution in [0.2, 0.25) is 0 Å². The average Bonchev–Trinajstić information content (AvgIpc) is 3.02. The number of amides is 3. The number of nitro benzene ring substituents is 1. The van der Waals surface area contributed by atoms with E-state index >= 15 is 0 Å². The fourth-order valence-corrected chi connectivity index (χ4v) is 7.72. The first kappa shape index (κ1) is 37.8. The highest BCUT2D eigenvalue weighted by atomic mass is 16.6. The second kappa shape index (κ2) is 13.2. The van der Waals surface area contributed by atoms with Gasteiger partial charge in [0.2, 0.25) is 5.78 Å². The van der Waals surface area contributed by atoms with Crippen LogP contribution in [0.5, 0.6) is 5.75 Å². The smallest absolute Gasteiger partial charge is 0.322 e. The molecule has 0 aliphatic heterocycles. The number of urea groups is 1. The lowest BCUT2D eigenvalue weighted by atomic mass is 9.58. The molecule has 0 saturated heterocycles. The Hall–Kier alpha value is -5.48. The number of allylic oxidation sites excluding steroid dienone is 1. The minimum atomic E-state index is -2.78. The molecular formula is C36H44N6O10. The number of nitrogens with one attached hydrogen (secondary N) is 1. The number of ketones is 2. The first-order valence-electron chi connectivity index (χ1n) is 16.6. The highest BCUT2D eigenvalue weighted by Crippen LogP contribution is 2.53. The number of aliphatic hydroxyl groups is 3. The molecule has 3 amide bonds. The van der Waals surface area contributed by atoms with Crippen molar-refractivity contribution in [1.29, 1.82) is 0 Å². The fraction of sp³-hybridized carbons (Fsp3) is 0.444. The minimum Gasteiger partial charge on any atom is -0.510 e. The number of primary amides is 1. The van der Waals surface area contributed by atoms with Crippen molar-refractivity contribution in [2.24, 2.45) is 23.0 Å². The maximum absolute atomic E-state index is 14.5. The van der Waals surface area contributed by atoms with Crippen LogP contribution >= 0.6 is 0 Å². The van der Waals surface area contributed by atoms with Gasteiger partial charge in [0.15, 0.2) is 11.4 Å². The summed E-state index contributed by atoms with van der Waals surface area (Å²) in [4.78, 5) is 69.3. The number of likely N-dealkylation sites (N-methyl/N-ethyl adjacent to an activating group) is 1. The number of aliphatic hydroxyl groups excluding tert-OH is 2. The summed E-state index contributed by atoms with van der Waals surface area (Å²) in [5.41, 5.74) is 2.20. The van der Waals surface area contributed by atoms with Crippen molar-refractivity contribution >= 4 is 40.6 Å². The number of anilines is 2. The number of nitro groups is 1. The highest BCUT2D eigenvalue weighted by Gasteiger charge is 2.63. The van der Waals surface area contributed by atoms with Crippen LogP contribution < -0.4 is 16.0 Å². The van der Waals surface area contributed by atoms with Crippen molar-refractivity contribution < 1.29 is 44.5 Å². The zero-order valence-corrected chi connectivity index (χ0v) is 30.1. The molecule has 3 aliphatic rings. The van der Waals surface area contributed by atoms with Crippen molar-refractivity contribution in [3.05, 3.63) is 79.8 Å². The third-order valence-electron chi connectivity index (χ3n) is 9.90. The molecule has 0 heterocycles. The first-order valence-corrected chi connectivity index (χ1v) is 16.6. The van der Waals surface area contributed by atoms with Gasteiger partial charge in [-0.3, -0.25) is 29.4 Å². The molecule has 5 rings (SSSR count). The van der Waals surface area contributed by atoms with E-state index in [4.69, 9.17) is 5.73 Å². The van der Waals surface area contributed by atoms with Gasteiger partial charge in [-0.25, -0.2) is 4.79 Å². The van der Waals surface area contributed by atoms with Crippen LogP contribution in [0.4, 0.5) is 21.9 Å². The molecule has 0 aromatic heterocycles. The number of nitrogens with two attached hydrogens (primary N) is 1. The normalized spacial score (nSPS) is 22.8. The predicted molar refractivity (Wildman–Crippen MR) is 190 cm³/mol. The van der Waals surface area contributed by atoms with Crippen LogP contribution in [0, 0.1) is 27.4 Å². The molecule has 4 atom stereocenters. The van der Waals surface area contributed by atoms with E-state index in [1.165, 1.54) is 34.1 Å². The Kier molecular flexibility index (Phi) is 9.62. The van der Waals surface area contributed by atoms with Crippen molar-refractivity contribution in [1.82, 2.24) is 9.80 Å². The number of aromatic hydroxyl groups is 1. The van der Waals surface area contributed by atoms with Gasteiger partial charge in [0.05, 0.1) is 23.1 Å². The zero-order chi connectivity index (χ0) is 38.8. The molecule has 0 fully saturated rings. The number of nitrogens with zero attached hydrogens (tertiary/aromatic N) is 4. The molecule has 0 spiro atoms. The van der Waals surface area contributed by atoms with Gasteiger partial charge in [-0.15, -0.1) is 0 Å². The number of benzene rings is 2. The summed E-state index contributed by atoms with van der Waals surface area (Å²) in [6.45, 7) is 5.72. The predicted octanol–water partition coefficient (Wildman–Crippen LogP) is 3.18. The van der Waals surface area contributed by atoms with Crippen LogP contribution in [0.1, 0.15) is 48.7 Å². The molecule has 2 aromatic rings. The summed E-state index contributed by atoms with van der Waals surface area (Å²) < 4.78 is 0. The first-order chi connectivity index (χ1) is 24.1. The maximum atomic E-state index is 14.5. The number of rotatable bonds is 8. The Morgan fingerprint density at radius 2 is 1.69 bits per heavy atom. The lowest BCUT2D eigenvalue weighted by Gasteiger charge is -2.50. The number of hydrogen-bond donors (Lipinski definition) is 6. The third-order valence-corrected chi connectivity index (χ3v) is 9.90. The van der Waals surface area contributed by atoms with Gasteiger partial charge in [-0.2, -0.15) is 0 Å². The van der Waals surface area contributed by atoms with Gasteiger partial charge < -0.3 is 41.3 Å². The number of Topliss-reactive ketones (excluding diaryl/α,β-unsaturated/α-hetero) is 2. The van der Waals surface area contributed by atoms with Gasteiger partial charge in [0.25, 0.3) is 11.6 Å². The van der Waals surface area contributed by atoms with Crippen molar-refractivity contribution in [2.45, 2.75) is 51.8 Å². The van der Waals surface area contributed by atoms with Crippen LogP contribution in [0.3, 0.4) is 0 Å². The molecule has 0 unspecified atom stereocenters. The lowest BCUT2D eigenvalue weighted by Crippen LogP contribution is -2.63. The van der Waals surface area contributed by atoms with Gasteiger partial charge >= 0.3 is 6.03 Å². The van der Waals surface area contributed by atoms with E-state index in [1.807, 2.05) is 20.8 Å². The zero-order valence-electron chi connectivity index (χ0n) is 30.1. The summed E-state index contributed by atoms with van der Waals surface area (Å²) in [5, 5.41) is 60.3. The van der Waals surface area contributed by atoms with E-state index in [0.717, 1.165) is 0 Å². The largest absolute Gasteiger partial charge is 0.510 e. The topological polar surface area (TPSA) is 240 Å². The summed E-state index contributed by atoms with van der Waals surface area (Å²) in [6.07, 6.45) is 0.0472. The maximum Gasteiger partial charge on any atom is 0.322 e. The van der Waals surface area contributed by atoms with Crippen LogP contribution in [-0.4, -0.2) is 105 Å². The molecule has 0 radical (unpaired) electrons. The molecule has 2 aromatic carbocycles. The number of carbonyl (C=O) groups is 4. The summed E-state index contributed by atoms with van der Waals surface area (Å²) >= 11 is 0. The van der Waals surface area contributed by atoms with E-state index in [1.54, 1.807) is 39.2 Å². The molecule has 0 saturated carbocycles. The van der Waals surface area contributed by atoms with E-state index in [9.17, 15) is 49.7 Å². The lowest BCUT2D eigenvalue weighted by molar-refractivity contribution is -0.384. The van der Waals surface area contributed by atoms with Gasteiger partial charge in [0, 0.05) is 61.2 Å². The molecule has 3 aliphatic carbocycles. The van der Waals surface area contributed by atoms with Gasteiger partial charge in [0.1, 0.15) is 22.8 Å². The minimum absolute atomic E-state index is 0.0523. The molecule has 52 heavy (non-hydrogen) atoms. The third kappa shape index (κ3) is 6.32. The number of phenols is 1. The number of hydrogen-bond acceptors (Lipinski definition) is 12. The van der Waals surface area contributed by atoms with Crippen LogP contribution in [-0.2, 0) is 22.6 Å². The Morgan fingerprint density at radius 3 is 2.21 bits per heavy atom. The van der Waals surface area contributed by atoms with Crippen LogP contribution in [0.25, 0.3) is 0 Å². The number of phenolic OH excluding ortho intramolecular Hbond substituents is 1. The van der Waals surface area contributed by atoms with E-state index in [2.05, 4.69) is 5.32 Å². The van der Waals surface area contributed by atoms with E-state index in [0.29, 0.717) is 16.9 Å². The Morgan fingerprint density at radius 1 is 1.08 bits per heavy atom. The molecule has 0 bridgehead atoms. The number of carbonyl (C=O) groups excluding carboxylic acids is 4. The summed E-state index contributed by atoms with van der Waals surface area (Å²) in [6, 6.07) is 5.28. The second-order valence-electron chi connectivity index (χ2n) is 15.3. The van der Waals surface area contributed by atoms with E-state index < -0.39 is 80.2 Å². The standard InChI is InChI=1S/C36H44N6O10/c1-35(2,3)16-41(34(49)38-19-8-10-20(11-9-19)42(51)52)15-18-14-23(39(4)5)21-12-17-13-22-27(40(6)7)30(45)26(33(37)48)32(47)36(22,50)31(46)24(17)29(44)25(21)28(18)43/h8-11,14,17,22,27,43,45-46,50H,12-13,15-16H2,1-7H3,(H2,37,48)(H,38,49)/t17-,22-,27-,36-/m0/s1. The van der Waals surface area contributed by atoms with Crippen molar-refractivity contribution in [3.8, 4) is 5.75 Å². The summed E-state index contributed by atoms with van der Waals surface area (Å²) in [5.74, 6) is -7.47. The number of fused-ring (bicyclic) bond motifs is 3. The quantitative estimate of drug-likeness (QED) is 0.131. The SMILES string of the molecule is CN(C)c1cc(CN(CC(C)(C)C)C(=O)Nc2ccc([N+](=O)[O-])cc2)c(O)c2c1C[C@H]1C[C@H]3[C@H](N(C)C)C(O)=C(C(N)=O)C(=O)[C@@]3(O)C(O)=C1C2=O. The van der Waals surface area contributed by atoms with Crippen LogP contribution in [0.15, 0.2) is 53.0 Å². The molecule has 16 heteroatoms. The highest BCUT2D eigenvalue weighted by molar-refractivity contribution is 6.25. The Bertz CT molecular complexity index is 1940. The fourth-order valence-electron chi connectivity index (χ4n) is 7.72. The second-order valence-corrected chi connectivity index (χ2v) is 15.3. The molecule has 278 valence electrons. The van der Waals surface area contributed by atoms with Gasteiger partial charge in [-0.1, -0.05) is 20.8 Å². The number of non-ortho nitro benzene ring substituents is 1.